The lowest BCUT2D eigenvalue weighted by molar-refractivity contribution is -0.115. The predicted molar refractivity (Wildman–Crippen MR) is 106 cm³/mol. The zero-order valence-corrected chi connectivity index (χ0v) is 15.6. The van der Waals surface area contributed by atoms with E-state index in [-0.39, 0.29) is 12.5 Å². The molecule has 0 aliphatic carbocycles. The van der Waals surface area contributed by atoms with Gasteiger partial charge in [-0.3, -0.25) is 4.79 Å². The summed E-state index contributed by atoms with van der Waals surface area (Å²) < 4.78 is 5.27. The van der Waals surface area contributed by atoms with Gasteiger partial charge in [0.1, 0.15) is 5.75 Å². The summed E-state index contributed by atoms with van der Waals surface area (Å²) in [4.78, 5) is 15.4. The number of H-pyrrole nitrogens is 1. The van der Waals surface area contributed by atoms with Gasteiger partial charge in [0.05, 0.1) is 19.3 Å². The van der Waals surface area contributed by atoms with Crippen LogP contribution in [-0.2, 0) is 11.2 Å². The van der Waals surface area contributed by atoms with Crippen LogP contribution >= 0.6 is 11.6 Å². The number of hydrogen-bond acceptors (Lipinski definition) is 3. The van der Waals surface area contributed by atoms with E-state index in [1.165, 1.54) is 10.9 Å². The third-order valence-electron chi connectivity index (χ3n) is 4.29. The number of ether oxygens (including phenoxy) is 1. The van der Waals surface area contributed by atoms with Gasteiger partial charge in [-0.15, -0.1) is 0 Å². The van der Waals surface area contributed by atoms with Crippen LogP contribution in [0.5, 0.6) is 5.75 Å². The quantitative estimate of drug-likeness (QED) is 0.552. The highest BCUT2D eigenvalue weighted by molar-refractivity contribution is 6.31. The van der Waals surface area contributed by atoms with E-state index < -0.39 is 0 Å². The molecular formula is C20H22ClN3O2. The number of fused-ring (bicyclic) bond motifs is 1. The number of aromatic amines is 1. The van der Waals surface area contributed by atoms with Crippen molar-refractivity contribution in [1.29, 1.82) is 0 Å². The molecule has 0 aliphatic heterocycles. The Bertz CT molecular complexity index is 921. The molecule has 0 saturated heterocycles. The summed E-state index contributed by atoms with van der Waals surface area (Å²) in [5.41, 5.74) is 3.88. The predicted octanol–water partition coefficient (Wildman–Crippen LogP) is 3.91. The van der Waals surface area contributed by atoms with Crippen LogP contribution in [0.2, 0.25) is 5.02 Å². The molecule has 136 valence electrons. The van der Waals surface area contributed by atoms with Crippen LogP contribution in [0.1, 0.15) is 11.1 Å². The van der Waals surface area contributed by atoms with Crippen LogP contribution in [-0.4, -0.2) is 31.1 Å². The molecule has 1 aromatic heterocycles. The Balaban J connectivity index is 1.51. The first-order valence-electron chi connectivity index (χ1n) is 8.48. The minimum atomic E-state index is -0.121. The molecule has 0 unspecified atom stereocenters. The molecule has 0 aliphatic rings. The maximum atomic E-state index is 12.2. The SMILES string of the molecule is COc1cc(Cl)c(C)cc1NC(=O)CNCCc1c[nH]c2ccccc12. The fourth-order valence-electron chi connectivity index (χ4n) is 2.89. The number of para-hydroxylation sites is 1. The molecule has 2 aromatic carbocycles. The summed E-state index contributed by atoms with van der Waals surface area (Å²) in [6.07, 6.45) is 2.87. The average Bonchev–Trinajstić information content (AvgIpc) is 3.05. The zero-order chi connectivity index (χ0) is 18.5. The number of carbonyl (C=O) groups is 1. The number of anilines is 1. The van der Waals surface area contributed by atoms with Crippen molar-refractivity contribution in [3.8, 4) is 5.75 Å². The molecule has 0 atom stereocenters. The van der Waals surface area contributed by atoms with Gasteiger partial charge in [0.15, 0.2) is 0 Å². The molecule has 3 aromatic rings. The second kappa shape index (κ2) is 8.25. The lowest BCUT2D eigenvalue weighted by atomic mass is 10.1. The van der Waals surface area contributed by atoms with Crippen molar-refractivity contribution in [2.75, 3.05) is 25.5 Å². The third-order valence-corrected chi connectivity index (χ3v) is 4.69. The van der Waals surface area contributed by atoms with Crippen molar-refractivity contribution in [1.82, 2.24) is 10.3 Å². The second-order valence-electron chi connectivity index (χ2n) is 6.14. The Kier molecular flexibility index (Phi) is 5.81. The number of benzene rings is 2. The number of aromatic nitrogens is 1. The third kappa shape index (κ3) is 4.18. The summed E-state index contributed by atoms with van der Waals surface area (Å²) in [5, 5.41) is 7.87. The molecule has 1 heterocycles. The maximum absolute atomic E-state index is 12.2. The van der Waals surface area contributed by atoms with Gasteiger partial charge >= 0.3 is 0 Å². The maximum Gasteiger partial charge on any atom is 0.238 e. The van der Waals surface area contributed by atoms with E-state index in [1.807, 2.05) is 31.3 Å². The van der Waals surface area contributed by atoms with Gasteiger partial charge in [0, 0.05) is 28.2 Å². The Hall–Kier alpha value is -2.50. The van der Waals surface area contributed by atoms with Crippen LogP contribution in [0.4, 0.5) is 5.69 Å². The number of halogens is 1. The largest absolute Gasteiger partial charge is 0.495 e. The average molecular weight is 372 g/mol. The zero-order valence-electron chi connectivity index (χ0n) is 14.9. The Morgan fingerprint density at radius 2 is 2.08 bits per heavy atom. The Morgan fingerprint density at radius 1 is 1.27 bits per heavy atom. The fraction of sp³-hybridized carbons (Fsp3) is 0.250. The molecule has 5 nitrogen and oxygen atoms in total. The summed E-state index contributed by atoms with van der Waals surface area (Å²) in [6, 6.07) is 11.7. The number of nitrogens with one attached hydrogen (secondary N) is 3. The number of rotatable bonds is 7. The summed E-state index contributed by atoms with van der Waals surface area (Å²) in [6.45, 7) is 2.83. The minimum Gasteiger partial charge on any atom is -0.495 e. The number of methoxy groups -OCH3 is 1. The highest BCUT2D eigenvalue weighted by Gasteiger charge is 2.10. The van der Waals surface area contributed by atoms with Crippen molar-refractivity contribution in [3.05, 3.63) is 58.7 Å². The lowest BCUT2D eigenvalue weighted by Gasteiger charge is -2.12. The van der Waals surface area contributed by atoms with E-state index >= 15 is 0 Å². The van der Waals surface area contributed by atoms with Gasteiger partial charge in [0.25, 0.3) is 0 Å². The minimum absolute atomic E-state index is 0.121. The molecular weight excluding hydrogens is 350 g/mol. The van der Waals surface area contributed by atoms with E-state index in [2.05, 4.69) is 27.8 Å². The van der Waals surface area contributed by atoms with Crippen LogP contribution < -0.4 is 15.4 Å². The Morgan fingerprint density at radius 3 is 2.88 bits per heavy atom. The van der Waals surface area contributed by atoms with Crippen LogP contribution in [0, 0.1) is 6.92 Å². The number of carbonyl (C=O) groups excluding carboxylic acids is 1. The van der Waals surface area contributed by atoms with Crippen molar-refractivity contribution in [2.45, 2.75) is 13.3 Å². The van der Waals surface area contributed by atoms with E-state index in [1.54, 1.807) is 13.2 Å². The molecule has 0 bridgehead atoms. The summed E-state index contributed by atoms with van der Waals surface area (Å²) >= 11 is 6.09. The van der Waals surface area contributed by atoms with Gasteiger partial charge in [-0.2, -0.15) is 0 Å². The van der Waals surface area contributed by atoms with E-state index in [0.717, 1.165) is 17.5 Å². The van der Waals surface area contributed by atoms with Crippen LogP contribution in [0.15, 0.2) is 42.6 Å². The topological polar surface area (TPSA) is 66.2 Å². The fourth-order valence-corrected chi connectivity index (χ4v) is 3.04. The number of amides is 1. The Labute approximate surface area is 157 Å². The lowest BCUT2D eigenvalue weighted by Crippen LogP contribution is -2.29. The van der Waals surface area contributed by atoms with E-state index in [9.17, 15) is 4.79 Å². The van der Waals surface area contributed by atoms with Crippen LogP contribution in [0.25, 0.3) is 10.9 Å². The van der Waals surface area contributed by atoms with Gasteiger partial charge < -0.3 is 20.4 Å². The molecule has 0 radical (unpaired) electrons. The van der Waals surface area contributed by atoms with E-state index in [0.29, 0.717) is 23.0 Å². The summed E-state index contributed by atoms with van der Waals surface area (Å²) in [7, 11) is 1.55. The first-order valence-corrected chi connectivity index (χ1v) is 8.86. The number of aryl methyl sites for hydroxylation is 1. The first kappa shape index (κ1) is 18.3. The number of hydrogen-bond donors (Lipinski definition) is 3. The molecule has 0 spiro atoms. The normalized spacial score (nSPS) is 10.9. The van der Waals surface area contributed by atoms with Crippen molar-refractivity contribution < 1.29 is 9.53 Å². The standard InChI is InChI=1S/C20H22ClN3O2/c1-13-9-18(19(26-2)10-16(13)21)24-20(25)12-22-8-7-14-11-23-17-6-4-3-5-15(14)17/h3-6,9-11,22-23H,7-8,12H2,1-2H3,(H,24,25). The first-order chi connectivity index (χ1) is 12.6. The smallest absolute Gasteiger partial charge is 0.238 e. The molecule has 3 N–H and O–H groups in total. The molecule has 1 amide bonds. The van der Waals surface area contributed by atoms with Gasteiger partial charge in [0.2, 0.25) is 5.91 Å². The molecule has 0 saturated carbocycles. The molecule has 26 heavy (non-hydrogen) atoms. The monoisotopic (exact) mass is 371 g/mol. The van der Waals surface area contributed by atoms with Gasteiger partial charge in [-0.25, -0.2) is 0 Å². The van der Waals surface area contributed by atoms with Crippen molar-refractivity contribution in [3.63, 3.8) is 0 Å². The van der Waals surface area contributed by atoms with Crippen LogP contribution in [0.3, 0.4) is 0 Å². The molecule has 6 heteroatoms. The summed E-state index contributed by atoms with van der Waals surface area (Å²) in [5.74, 6) is 0.427. The highest BCUT2D eigenvalue weighted by atomic mass is 35.5. The second-order valence-corrected chi connectivity index (χ2v) is 6.54. The molecule has 0 fully saturated rings. The van der Waals surface area contributed by atoms with Gasteiger partial charge in [-0.1, -0.05) is 29.8 Å². The van der Waals surface area contributed by atoms with Gasteiger partial charge in [-0.05, 0) is 43.1 Å². The highest BCUT2D eigenvalue weighted by Crippen LogP contribution is 2.30. The van der Waals surface area contributed by atoms with Crippen molar-refractivity contribution >= 4 is 34.1 Å². The van der Waals surface area contributed by atoms with E-state index in [4.69, 9.17) is 16.3 Å². The van der Waals surface area contributed by atoms with Crippen molar-refractivity contribution in [2.24, 2.45) is 0 Å². The molecule has 3 rings (SSSR count).